The summed E-state index contributed by atoms with van der Waals surface area (Å²) in [6.07, 6.45) is 7.29. The van der Waals surface area contributed by atoms with Gasteiger partial charge in [0.25, 0.3) is 0 Å². The molecule has 0 aliphatic heterocycles. The third-order valence-corrected chi connectivity index (χ3v) is 5.88. The van der Waals surface area contributed by atoms with Gasteiger partial charge >= 0.3 is 0 Å². The van der Waals surface area contributed by atoms with Crippen molar-refractivity contribution in [2.24, 2.45) is 5.92 Å². The van der Waals surface area contributed by atoms with Gasteiger partial charge in [-0.15, -0.1) is 11.8 Å². The fraction of sp³-hybridized carbons (Fsp3) is 0.348. The fourth-order valence-electron chi connectivity index (χ4n) is 3.12. The summed E-state index contributed by atoms with van der Waals surface area (Å²) in [6.45, 7) is 5.21. The molecular weight excluding hydrogens is 352 g/mol. The highest BCUT2D eigenvalue weighted by Gasteiger charge is 2.31. The first-order valence-electron chi connectivity index (χ1n) is 9.55. The maximum atomic E-state index is 11.7. The first-order chi connectivity index (χ1) is 13.1. The zero-order valence-electron chi connectivity index (χ0n) is 16.1. The fourth-order valence-corrected chi connectivity index (χ4v) is 4.27. The lowest BCUT2D eigenvalue weighted by molar-refractivity contribution is 0.0659. The number of imidazole rings is 1. The van der Waals surface area contributed by atoms with E-state index in [9.17, 15) is 5.11 Å². The van der Waals surface area contributed by atoms with Crippen LogP contribution in [0.2, 0.25) is 0 Å². The quantitative estimate of drug-likeness (QED) is 0.509. The molecule has 4 heteroatoms. The van der Waals surface area contributed by atoms with E-state index in [2.05, 4.69) is 43.1 Å². The van der Waals surface area contributed by atoms with Crippen LogP contribution in [-0.2, 0) is 12.1 Å². The van der Waals surface area contributed by atoms with Crippen LogP contribution in [0, 0.1) is 5.92 Å². The van der Waals surface area contributed by atoms with Gasteiger partial charge < -0.3 is 9.67 Å². The van der Waals surface area contributed by atoms with Gasteiger partial charge in [0.2, 0.25) is 0 Å². The summed E-state index contributed by atoms with van der Waals surface area (Å²) in [6, 6.07) is 18.3. The summed E-state index contributed by atoms with van der Waals surface area (Å²) in [7, 11) is 0. The molecule has 3 rings (SSSR count). The van der Waals surface area contributed by atoms with Crippen molar-refractivity contribution in [3.63, 3.8) is 0 Å². The van der Waals surface area contributed by atoms with E-state index in [0.717, 1.165) is 22.8 Å². The summed E-state index contributed by atoms with van der Waals surface area (Å²) in [5.41, 5.74) is 0.833. The second-order valence-corrected chi connectivity index (χ2v) is 8.50. The molecule has 0 saturated carbocycles. The third-order valence-electron chi connectivity index (χ3n) is 4.84. The van der Waals surface area contributed by atoms with E-state index in [4.69, 9.17) is 0 Å². The van der Waals surface area contributed by atoms with Crippen molar-refractivity contribution in [2.45, 2.75) is 43.7 Å². The summed E-state index contributed by atoms with van der Waals surface area (Å²) >= 11 is 1.88. The molecule has 1 atom stereocenters. The second-order valence-electron chi connectivity index (χ2n) is 7.33. The second kappa shape index (κ2) is 9.25. The van der Waals surface area contributed by atoms with Crippen molar-refractivity contribution in [1.82, 2.24) is 9.55 Å². The molecule has 0 aliphatic rings. The first-order valence-corrected chi connectivity index (χ1v) is 10.5. The Morgan fingerprint density at radius 1 is 1.04 bits per heavy atom. The molecule has 1 N–H and O–H groups in total. The van der Waals surface area contributed by atoms with E-state index in [1.807, 2.05) is 52.9 Å². The summed E-state index contributed by atoms with van der Waals surface area (Å²) in [5, 5.41) is 11.7. The summed E-state index contributed by atoms with van der Waals surface area (Å²) < 4.78 is 2.00. The number of rotatable bonds is 9. The molecule has 0 spiro atoms. The highest BCUT2D eigenvalue weighted by atomic mass is 32.2. The van der Waals surface area contributed by atoms with Crippen LogP contribution < -0.4 is 0 Å². The van der Waals surface area contributed by atoms with E-state index >= 15 is 0 Å². The molecule has 142 valence electrons. The van der Waals surface area contributed by atoms with Crippen LogP contribution in [0.15, 0.2) is 78.2 Å². The molecule has 0 saturated heterocycles. The lowest BCUT2D eigenvalue weighted by Gasteiger charge is -2.30. The van der Waals surface area contributed by atoms with Crippen LogP contribution in [0.1, 0.15) is 37.8 Å². The van der Waals surface area contributed by atoms with Gasteiger partial charge in [-0.05, 0) is 41.4 Å². The maximum absolute atomic E-state index is 11.7. The Hall–Kier alpha value is -2.04. The van der Waals surface area contributed by atoms with Crippen LogP contribution in [0.5, 0.6) is 0 Å². The molecule has 0 bridgehead atoms. The minimum atomic E-state index is -1.02. The number of nitrogens with zero attached hydrogens (tertiary/aromatic N) is 2. The van der Waals surface area contributed by atoms with Crippen molar-refractivity contribution < 1.29 is 5.11 Å². The van der Waals surface area contributed by atoms with Gasteiger partial charge in [0.1, 0.15) is 5.60 Å². The van der Waals surface area contributed by atoms with Crippen LogP contribution in [0.3, 0.4) is 0 Å². The monoisotopic (exact) mass is 380 g/mol. The number of aryl methyl sites for hydroxylation is 1. The van der Waals surface area contributed by atoms with Gasteiger partial charge in [-0.3, -0.25) is 0 Å². The predicted molar refractivity (Wildman–Crippen MR) is 113 cm³/mol. The Morgan fingerprint density at radius 2 is 1.74 bits per heavy atom. The van der Waals surface area contributed by atoms with E-state index < -0.39 is 5.60 Å². The van der Waals surface area contributed by atoms with Crippen LogP contribution in [0.4, 0.5) is 0 Å². The Morgan fingerprint density at radius 3 is 2.37 bits per heavy atom. The Labute approximate surface area is 166 Å². The normalized spacial score (nSPS) is 13.6. The third kappa shape index (κ3) is 5.24. The minimum Gasteiger partial charge on any atom is -0.380 e. The minimum absolute atomic E-state index is 0.590. The van der Waals surface area contributed by atoms with Gasteiger partial charge in [0, 0.05) is 30.3 Å². The molecule has 0 amide bonds. The molecule has 3 nitrogen and oxygen atoms in total. The van der Waals surface area contributed by atoms with E-state index in [1.165, 1.54) is 11.3 Å². The molecule has 0 aliphatic carbocycles. The smallest absolute Gasteiger partial charge is 0.116 e. The average Bonchev–Trinajstić information content (AvgIpc) is 3.21. The summed E-state index contributed by atoms with van der Waals surface area (Å²) in [5.74, 6) is 1.85. The van der Waals surface area contributed by atoms with Gasteiger partial charge in [0.15, 0.2) is 0 Å². The lowest BCUT2D eigenvalue weighted by atomic mass is 9.83. The Kier molecular flexibility index (Phi) is 6.75. The topological polar surface area (TPSA) is 38.0 Å². The van der Waals surface area contributed by atoms with Crippen molar-refractivity contribution in [3.8, 4) is 0 Å². The number of aromatic nitrogens is 2. The highest BCUT2D eigenvalue weighted by molar-refractivity contribution is 7.99. The number of hydrogen-bond acceptors (Lipinski definition) is 3. The van der Waals surface area contributed by atoms with Crippen LogP contribution in [0.25, 0.3) is 0 Å². The predicted octanol–water partition coefficient (Wildman–Crippen LogP) is 5.35. The average molecular weight is 381 g/mol. The zero-order chi connectivity index (χ0) is 19.1. The van der Waals surface area contributed by atoms with E-state index in [-0.39, 0.29) is 0 Å². The van der Waals surface area contributed by atoms with Gasteiger partial charge in [-0.1, -0.05) is 56.3 Å². The SMILES string of the molecule is CC(C)CCSc1ccc(C(O)(CCn2ccnc2)c2ccccc2)cc1. The molecule has 27 heavy (non-hydrogen) atoms. The standard InChI is InChI=1S/C23H28N2OS/c1-19(2)12-17-27-22-10-8-21(9-11-22)23(26,20-6-4-3-5-7-20)13-15-25-16-14-24-18-25/h3-11,14,16,18-19,26H,12-13,15,17H2,1-2H3. The number of benzene rings is 2. The van der Waals surface area contributed by atoms with Gasteiger partial charge in [-0.2, -0.15) is 0 Å². The zero-order valence-corrected chi connectivity index (χ0v) is 16.9. The molecule has 1 aromatic heterocycles. The van der Waals surface area contributed by atoms with Gasteiger partial charge in [-0.25, -0.2) is 4.98 Å². The van der Waals surface area contributed by atoms with Crippen molar-refractivity contribution in [3.05, 3.63) is 84.4 Å². The van der Waals surface area contributed by atoms with Crippen molar-refractivity contribution in [2.75, 3.05) is 5.75 Å². The molecular formula is C23H28N2OS. The first kappa shape index (κ1) is 19.7. The van der Waals surface area contributed by atoms with Gasteiger partial charge in [0.05, 0.1) is 6.33 Å². The van der Waals surface area contributed by atoms with E-state index in [0.29, 0.717) is 13.0 Å². The summed E-state index contributed by atoms with van der Waals surface area (Å²) in [4.78, 5) is 5.35. The molecule has 0 radical (unpaired) electrons. The molecule has 0 fully saturated rings. The van der Waals surface area contributed by atoms with Crippen LogP contribution in [-0.4, -0.2) is 20.4 Å². The molecule has 1 heterocycles. The van der Waals surface area contributed by atoms with E-state index in [1.54, 1.807) is 12.5 Å². The Bertz CT molecular complexity index is 800. The van der Waals surface area contributed by atoms with Crippen molar-refractivity contribution >= 4 is 11.8 Å². The highest BCUT2D eigenvalue weighted by Crippen LogP contribution is 2.34. The molecule has 2 aromatic carbocycles. The molecule has 3 aromatic rings. The number of hydrogen-bond donors (Lipinski definition) is 1. The maximum Gasteiger partial charge on any atom is 0.116 e. The van der Waals surface area contributed by atoms with Crippen molar-refractivity contribution in [1.29, 1.82) is 0 Å². The van der Waals surface area contributed by atoms with Crippen LogP contribution >= 0.6 is 11.8 Å². The molecule has 1 unspecified atom stereocenters. The largest absolute Gasteiger partial charge is 0.380 e. The number of aliphatic hydroxyl groups is 1. The lowest BCUT2D eigenvalue weighted by Crippen LogP contribution is -2.29. The number of thioether (sulfide) groups is 1. The Balaban J connectivity index is 1.79.